The quantitative estimate of drug-likeness (QED) is 0.385. The molecule has 0 aromatic heterocycles. The van der Waals surface area contributed by atoms with Crippen LogP contribution in [0.15, 0.2) is 36.4 Å². The van der Waals surface area contributed by atoms with E-state index in [0.29, 0.717) is 23.3 Å². The monoisotopic (exact) mass is 400 g/mol. The fourth-order valence-corrected chi connectivity index (χ4v) is 4.50. The van der Waals surface area contributed by atoms with Gasteiger partial charge in [0.15, 0.2) is 11.6 Å². The van der Waals surface area contributed by atoms with Crippen LogP contribution in [0.25, 0.3) is 11.1 Å². The highest BCUT2D eigenvalue weighted by Crippen LogP contribution is 2.40. The van der Waals surface area contributed by atoms with Crippen molar-refractivity contribution >= 4 is 0 Å². The maximum atomic E-state index is 14.9. The van der Waals surface area contributed by atoms with E-state index < -0.39 is 11.6 Å². The third kappa shape index (κ3) is 5.58. The molecular weight excluding hydrogens is 366 g/mol. The number of rotatable bonds is 9. The van der Waals surface area contributed by atoms with Crippen LogP contribution >= 0.6 is 0 Å². The van der Waals surface area contributed by atoms with Gasteiger partial charge in [0, 0.05) is 5.56 Å². The van der Waals surface area contributed by atoms with Crippen LogP contribution in [0, 0.1) is 17.6 Å². The van der Waals surface area contributed by atoms with Gasteiger partial charge in [-0.3, -0.25) is 0 Å². The summed E-state index contributed by atoms with van der Waals surface area (Å²) >= 11 is 0. The molecule has 0 heterocycles. The molecule has 0 unspecified atom stereocenters. The molecule has 0 aliphatic heterocycles. The van der Waals surface area contributed by atoms with Crippen LogP contribution in [0.4, 0.5) is 8.78 Å². The highest BCUT2D eigenvalue weighted by atomic mass is 19.2. The van der Waals surface area contributed by atoms with Crippen molar-refractivity contribution in [1.82, 2.24) is 0 Å². The zero-order valence-electron chi connectivity index (χ0n) is 17.9. The highest BCUT2D eigenvalue weighted by molar-refractivity contribution is 5.65. The Bertz CT molecular complexity index is 761. The molecule has 1 fully saturated rings. The lowest BCUT2D eigenvalue weighted by atomic mass is 9.76. The van der Waals surface area contributed by atoms with Gasteiger partial charge in [-0.1, -0.05) is 63.8 Å². The van der Waals surface area contributed by atoms with E-state index in [1.54, 1.807) is 24.3 Å². The Morgan fingerprint density at radius 1 is 0.828 bits per heavy atom. The predicted molar refractivity (Wildman–Crippen MR) is 116 cm³/mol. The summed E-state index contributed by atoms with van der Waals surface area (Å²) in [5.74, 6) is 0.269. The first-order chi connectivity index (χ1) is 14.1. The van der Waals surface area contributed by atoms with E-state index in [-0.39, 0.29) is 5.92 Å². The predicted octanol–water partition coefficient (Wildman–Crippen LogP) is 8.27. The van der Waals surface area contributed by atoms with Crippen molar-refractivity contribution in [3.05, 3.63) is 53.6 Å². The first-order valence-corrected chi connectivity index (χ1v) is 11.3. The second kappa shape index (κ2) is 10.8. The molecular formula is C26H34F2O. The second-order valence-electron chi connectivity index (χ2n) is 8.42. The van der Waals surface area contributed by atoms with Crippen LogP contribution < -0.4 is 4.74 Å². The van der Waals surface area contributed by atoms with E-state index >= 15 is 0 Å². The minimum absolute atomic E-state index is 0.144. The number of unbranched alkanes of at least 4 members (excludes halogenated alkanes) is 2. The lowest BCUT2D eigenvalue weighted by molar-refractivity contribution is 0.298. The molecule has 1 saturated carbocycles. The highest BCUT2D eigenvalue weighted by Gasteiger charge is 2.26. The molecule has 158 valence electrons. The molecule has 0 saturated heterocycles. The number of halogens is 2. The van der Waals surface area contributed by atoms with Crippen molar-refractivity contribution in [1.29, 1.82) is 0 Å². The average Bonchev–Trinajstić information content (AvgIpc) is 2.75. The van der Waals surface area contributed by atoms with Crippen LogP contribution in [0.2, 0.25) is 0 Å². The maximum Gasteiger partial charge on any atom is 0.166 e. The Kier molecular flexibility index (Phi) is 8.09. The molecule has 3 rings (SSSR count). The number of benzene rings is 2. The lowest BCUT2D eigenvalue weighted by Gasteiger charge is -2.29. The summed E-state index contributed by atoms with van der Waals surface area (Å²) in [7, 11) is 0. The van der Waals surface area contributed by atoms with Crippen molar-refractivity contribution in [3.63, 3.8) is 0 Å². The maximum absolute atomic E-state index is 14.9. The standard InChI is InChI=1S/C26H34F2O/c1-3-5-6-7-19-8-10-20(11-9-19)23-16-17-24(26(28)25(23)27)21-12-14-22(15-13-21)29-18-4-2/h12-17,19-20H,3-11,18H2,1-2H3. The lowest BCUT2D eigenvalue weighted by Crippen LogP contribution is -2.15. The molecule has 0 radical (unpaired) electrons. The van der Waals surface area contributed by atoms with Crippen LogP contribution in [0.3, 0.4) is 0 Å². The molecule has 29 heavy (non-hydrogen) atoms. The minimum Gasteiger partial charge on any atom is -0.494 e. The van der Waals surface area contributed by atoms with E-state index in [1.807, 2.05) is 19.1 Å². The second-order valence-corrected chi connectivity index (χ2v) is 8.42. The molecule has 2 aromatic rings. The van der Waals surface area contributed by atoms with Gasteiger partial charge in [-0.15, -0.1) is 0 Å². The third-order valence-electron chi connectivity index (χ3n) is 6.25. The summed E-state index contributed by atoms with van der Waals surface area (Å²) in [6.45, 7) is 4.93. The molecule has 2 aromatic carbocycles. The Hall–Kier alpha value is -1.90. The van der Waals surface area contributed by atoms with Gasteiger partial charge < -0.3 is 4.74 Å². The fraction of sp³-hybridized carbons (Fsp3) is 0.538. The van der Waals surface area contributed by atoms with Gasteiger partial charge in [0.2, 0.25) is 0 Å². The van der Waals surface area contributed by atoms with Crippen molar-refractivity contribution < 1.29 is 13.5 Å². The van der Waals surface area contributed by atoms with Gasteiger partial charge in [-0.05, 0) is 67.2 Å². The molecule has 0 N–H and O–H groups in total. The molecule has 0 spiro atoms. The SMILES string of the molecule is CCCCCC1CCC(c2ccc(-c3ccc(OCCC)cc3)c(F)c2F)CC1. The van der Waals surface area contributed by atoms with Gasteiger partial charge in [0.1, 0.15) is 5.75 Å². The average molecular weight is 401 g/mol. The third-order valence-corrected chi connectivity index (χ3v) is 6.25. The van der Waals surface area contributed by atoms with Gasteiger partial charge in [0.05, 0.1) is 6.61 Å². The number of ether oxygens (including phenoxy) is 1. The normalized spacial score (nSPS) is 19.3. The summed E-state index contributed by atoms with van der Waals surface area (Å²) in [5.41, 5.74) is 1.55. The summed E-state index contributed by atoms with van der Waals surface area (Å²) in [4.78, 5) is 0. The number of hydrogen-bond acceptors (Lipinski definition) is 1. The molecule has 1 aliphatic rings. The van der Waals surface area contributed by atoms with Crippen molar-refractivity contribution in [2.45, 2.75) is 77.6 Å². The van der Waals surface area contributed by atoms with Crippen molar-refractivity contribution in [2.24, 2.45) is 5.92 Å². The van der Waals surface area contributed by atoms with Gasteiger partial charge in [-0.2, -0.15) is 0 Å². The zero-order chi connectivity index (χ0) is 20.6. The van der Waals surface area contributed by atoms with E-state index in [0.717, 1.165) is 43.8 Å². The van der Waals surface area contributed by atoms with Gasteiger partial charge in [-0.25, -0.2) is 8.78 Å². The first-order valence-electron chi connectivity index (χ1n) is 11.3. The van der Waals surface area contributed by atoms with Crippen LogP contribution in [0.1, 0.15) is 83.1 Å². The van der Waals surface area contributed by atoms with Gasteiger partial charge in [0.25, 0.3) is 0 Å². The fourth-order valence-electron chi connectivity index (χ4n) is 4.50. The van der Waals surface area contributed by atoms with Gasteiger partial charge >= 0.3 is 0 Å². The first kappa shape index (κ1) is 21.8. The van der Waals surface area contributed by atoms with E-state index in [1.165, 1.54) is 25.7 Å². The molecule has 1 aliphatic carbocycles. The van der Waals surface area contributed by atoms with Crippen LogP contribution in [-0.2, 0) is 0 Å². The largest absolute Gasteiger partial charge is 0.494 e. The molecule has 0 bridgehead atoms. The zero-order valence-corrected chi connectivity index (χ0v) is 17.9. The molecule has 3 heteroatoms. The molecule has 0 atom stereocenters. The summed E-state index contributed by atoms with van der Waals surface area (Å²) in [5, 5.41) is 0. The Balaban J connectivity index is 1.67. The van der Waals surface area contributed by atoms with Crippen molar-refractivity contribution in [3.8, 4) is 16.9 Å². The summed E-state index contributed by atoms with van der Waals surface area (Å²) < 4.78 is 35.4. The smallest absolute Gasteiger partial charge is 0.166 e. The topological polar surface area (TPSA) is 9.23 Å². The van der Waals surface area contributed by atoms with E-state index in [4.69, 9.17) is 4.74 Å². The van der Waals surface area contributed by atoms with Crippen LogP contribution in [0.5, 0.6) is 5.75 Å². The van der Waals surface area contributed by atoms with Crippen LogP contribution in [-0.4, -0.2) is 6.61 Å². The number of hydrogen-bond donors (Lipinski definition) is 0. The van der Waals surface area contributed by atoms with Crippen molar-refractivity contribution in [2.75, 3.05) is 6.61 Å². The Labute approximate surface area is 174 Å². The van der Waals surface area contributed by atoms with E-state index in [2.05, 4.69) is 6.92 Å². The Morgan fingerprint density at radius 2 is 1.55 bits per heavy atom. The Morgan fingerprint density at radius 3 is 2.21 bits per heavy atom. The summed E-state index contributed by atoms with van der Waals surface area (Å²) in [6.07, 6.45) is 10.3. The summed E-state index contributed by atoms with van der Waals surface area (Å²) in [6, 6.07) is 10.8. The van der Waals surface area contributed by atoms with E-state index in [9.17, 15) is 8.78 Å². The minimum atomic E-state index is -0.727. The molecule has 1 nitrogen and oxygen atoms in total. The molecule has 0 amide bonds.